The molecule has 32 heavy (non-hydrogen) atoms. The predicted octanol–water partition coefficient (Wildman–Crippen LogP) is 3.90. The highest BCUT2D eigenvalue weighted by Gasteiger charge is 2.46. The number of anilines is 1. The molecule has 1 saturated heterocycles. The predicted molar refractivity (Wildman–Crippen MR) is 127 cm³/mol. The number of nitrogens with one attached hydrogen (secondary N) is 1. The van der Waals surface area contributed by atoms with Crippen LogP contribution in [0.4, 0.5) is 10.6 Å². The van der Waals surface area contributed by atoms with Gasteiger partial charge in [0.05, 0.1) is 10.6 Å². The van der Waals surface area contributed by atoms with E-state index in [0.717, 1.165) is 54.4 Å². The first-order valence-corrected chi connectivity index (χ1v) is 12.1. The van der Waals surface area contributed by atoms with E-state index in [1.165, 1.54) is 11.3 Å². The van der Waals surface area contributed by atoms with Gasteiger partial charge >= 0.3 is 6.03 Å². The molecule has 1 spiro atoms. The van der Waals surface area contributed by atoms with E-state index in [-0.39, 0.29) is 11.4 Å². The van der Waals surface area contributed by atoms with Crippen LogP contribution >= 0.6 is 11.8 Å². The summed E-state index contributed by atoms with van der Waals surface area (Å²) >= 11 is 1.69. The van der Waals surface area contributed by atoms with Crippen LogP contribution in [0.1, 0.15) is 31.0 Å². The molecular formula is C24H28N6OS. The van der Waals surface area contributed by atoms with E-state index in [4.69, 9.17) is 10.8 Å². The van der Waals surface area contributed by atoms with Gasteiger partial charge in [0, 0.05) is 54.8 Å². The Labute approximate surface area is 192 Å². The van der Waals surface area contributed by atoms with Crippen molar-refractivity contribution in [2.45, 2.75) is 42.4 Å². The summed E-state index contributed by atoms with van der Waals surface area (Å²) in [6.07, 6.45) is 3.82. The second-order valence-corrected chi connectivity index (χ2v) is 9.57. The van der Waals surface area contributed by atoms with Gasteiger partial charge < -0.3 is 16.0 Å². The Morgan fingerprint density at radius 1 is 1.22 bits per heavy atom. The molecule has 0 bridgehead atoms. The number of nitrogens with zero attached hydrogens (tertiary/aromatic N) is 4. The number of rotatable bonds is 5. The number of hydrogen-bond donors (Lipinski definition) is 2. The minimum atomic E-state index is 0.00244. The first-order chi connectivity index (χ1) is 15.6. The fourth-order valence-corrected chi connectivity index (χ4v) is 5.70. The van der Waals surface area contributed by atoms with Crippen molar-refractivity contribution in [1.82, 2.24) is 25.0 Å². The van der Waals surface area contributed by atoms with Gasteiger partial charge in [0.2, 0.25) is 0 Å². The smallest absolute Gasteiger partial charge is 0.317 e. The molecule has 4 heterocycles. The van der Waals surface area contributed by atoms with E-state index in [2.05, 4.69) is 39.2 Å². The molecule has 1 fully saturated rings. The maximum atomic E-state index is 12.3. The van der Waals surface area contributed by atoms with Crippen molar-refractivity contribution in [2.75, 3.05) is 25.4 Å². The molecule has 2 aliphatic rings. The number of carbonyl (C=O) groups excluding carboxylic acids is 1. The molecule has 2 aliphatic heterocycles. The number of amides is 2. The molecule has 2 amide bonds. The summed E-state index contributed by atoms with van der Waals surface area (Å²) in [5.74, 6) is 1.39. The zero-order valence-corrected chi connectivity index (χ0v) is 19.1. The summed E-state index contributed by atoms with van der Waals surface area (Å²) < 4.78 is 2.11. The zero-order chi connectivity index (χ0) is 22.1. The molecule has 166 valence electrons. The highest BCUT2D eigenvalue weighted by atomic mass is 32.2. The molecule has 8 heteroatoms. The summed E-state index contributed by atoms with van der Waals surface area (Å²) in [4.78, 5) is 19.7. The van der Waals surface area contributed by atoms with Crippen LogP contribution in [0.5, 0.6) is 0 Å². The Hall–Kier alpha value is -3.00. The van der Waals surface area contributed by atoms with Crippen molar-refractivity contribution in [3.8, 4) is 11.3 Å². The normalized spacial score (nSPS) is 19.5. The Morgan fingerprint density at radius 2 is 2.03 bits per heavy atom. The highest BCUT2D eigenvalue weighted by Crippen LogP contribution is 2.44. The molecule has 1 aromatic carbocycles. The number of hydrogen-bond acceptors (Lipinski definition) is 5. The summed E-state index contributed by atoms with van der Waals surface area (Å²) in [6.45, 7) is 5.03. The number of urea groups is 1. The fourth-order valence-electron chi connectivity index (χ4n) is 4.77. The van der Waals surface area contributed by atoms with Crippen molar-refractivity contribution in [3.63, 3.8) is 0 Å². The molecule has 0 saturated carbocycles. The maximum absolute atomic E-state index is 12.3. The van der Waals surface area contributed by atoms with Gasteiger partial charge in [-0.15, -0.1) is 11.8 Å². The van der Waals surface area contributed by atoms with E-state index in [1.807, 2.05) is 36.2 Å². The van der Waals surface area contributed by atoms with Crippen LogP contribution in [0.15, 0.2) is 53.6 Å². The van der Waals surface area contributed by atoms with Crippen molar-refractivity contribution < 1.29 is 4.79 Å². The summed E-state index contributed by atoms with van der Waals surface area (Å²) in [6, 6.07) is 14.7. The monoisotopic (exact) mass is 448 g/mol. The molecule has 0 unspecified atom stereocenters. The number of fused-ring (bicyclic) bond motifs is 2. The van der Waals surface area contributed by atoms with E-state index in [9.17, 15) is 4.79 Å². The van der Waals surface area contributed by atoms with Gasteiger partial charge in [0.25, 0.3) is 0 Å². The second kappa shape index (κ2) is 8.50. The topological polar surface area (TPSA) is 89.1 Å². The van der Waals surface area contributed by atoms with Crippen molar-refractivity contribution in [2.24, 2.45) is 0 Å². The van der Waals surface area contributed by atoms with Gasteiger partial charge in [-0.1, -0.05) is 30.3 Å². The molecule has 7 nitrogen and oxygen atoms in total. The standard InChI is InChI=1S/C24H28N6OS/c1-2-26-23(31)29-10-8-24(16-29)9-11-30-21(24)13-19(28-30)18-12-20(22(25)27-14-18)32-15-17-6-4-3-5-7-17/h3-7,12-14H,2,8-11,15-16H2,1H3,(H2,25,27)(H,26,31)/t24-/m1/s1. The fraction of sp³-hybridized carbons (Fsp3) is 0.375. The van der Waals surface area contributed by atoms with Gasteiger partial charge in [-0.05, 0) is 37.5 Å². The molecule has 0 aliphatic carbocycles. The van der Waals surface area contributed by atoms with Crippen LogP contribution in [-0.2, 0) is 17.7 Å². The third-order valence-electron chi connectivity index (χ3n) is 6.51. The van der Waals surface area contributed by atoms with Gasteiger partial charge in [-0.2, -0.15) is 5.10 Å². The van der Waals surface area contributed by atoms with Gasteiger partial charge in [-0.25, -0.2) is 9.78 Å². The first kappa shape index (κ1) is 20.9. The lowest BCUT2D eigenvalue weighted by atomic mass is 9.82. The average Bonchev–Trinajstić information content (AvgIpc) is 3.51. The maximum Gasteiger partial charge on any atom is 0.317 e. The number of aromatic nitrogens is 3. The molecule has 5 rings (SSSR count). The number of pyridine rings is 1. The highest BCUT2D eigenvalue weighted by molar-refractivity contribution is 7.98. The summed E-state index contributed by atoms with van der Waals surface area (Å²) in [5, 5.41) is 7.81. The number of benzene rings is 1. The largest absolute Gasteiger partial charge is 0.383 e. The molecule has 2 aromatic heterocycles. The Balaban J connectivity index is 1.36. The summed E-state index contributed by atoms with van der Waals surface area (Å²) in [5.41, 5.74) is 10.6. The zero-order valence-electron chi connectivity index (χ0n) is 18.3. The first-order valence-electron chi connectivity index (χ1n) is 11.1. The Kier molecular flexibility index (Phi) is 5.55. The van der Waals surface area contributed by atoms with Crippen LogP contribution in [-0.4, -0.2) is 45.3 Å². The minimum Gasteiger partial charge on any atom is -0.383 e. The number of thioether (sulfide) groups is 1. The lowest BCUT2D eigenvalue weighted by Gasteiger charge is -2.23. The SMILES string of the molecule is CCNC(=O)N1CC[C@@]2(CCn3nc(-c4cnc(N)c(SCc5ccccc5)c4)cc32)C1. The van der Waals surface area contributed by atoms with Crippen LogP contribution in [0.3, 0.4) is 0 Å². The number of nitrogens with two attached hydrogens (primary N) is 1. The van der Waals surface area contributed by atoms with Crippen LogP contribution in [0, 0.1) is 0 Å². The molecular weight excluding hydrogens is 420 g/mol. The molecule has 1 atom stereocenters. The minimum absolute atomic E-state index is 0.00244. The lowest BCUT2D eigenvalue weighted by molar-refractivity contribution is 0.206. The van der Waals surface area contributed by atoms with E-state index in [0.29, 0.717) is 12.4 Å². The van der Waals surface area contributed by atoms with Crippen molar-refractivity contribution >= 4 is 23.6 Å². The molecule has 3 N–H and O–H groups in total. The molecule has 3 aromatic rings. The third-order valence-corrected chi connectivity index (χ3v) is 7.62. The number of carbonyl (C=O) groups is 1. The van der Waals surface area contributed by atoms with Crippen LogP contribution < -0.4 is 11.1 Å². The van der Waals surface area contributed by atoms with Crippen LogP contribution in [0.2, 0.25) is 0 Å². The average molecular weight is 449 g/mol. The van der Waals surface area contributed by atoms with E-state index in [1.54, 1.807) is 11.8 Å². The summed E-state index contributed by atoms with van der Waals surface area (Å²) in [7, 11) is 0. The Morgan fingerprint density at radius 3 is 2.84 bits per heavy atom. The van der Waals surface area contributed by atoms with Crippen LogP contribution in [0.25, 0.3) is 11.3 Å². The number of likely N-dealkylation sites (tertiary alicyclic amines) is 1. The lowest BCUT2D eigenvalue weighted by Crippen LogP contribution is -2.40. The van der Waals surface area contributed by atoms with Gasteiger partial charge in [0.1, 0.15) is 5.82 Å². The van der Waals surface area contributed by atoms with E-state index < -0.39 is 0 Å². The van der Waals surface area contributed by atoms with Gasteiger partial charge in [-0.3, -0.25) is 4.68 Å². The second-order valence-electron chi connectivity index (χ2n) is 8.56. The molecule has 0 radical (unpaired) electrons. The van der Waals surface area contributed by atoms with Crippen molar-refractivity contribution in [1.29, 1.82) is 0 Å². The third kappa shape index (κ3) is 3.83. The number of aryl methyl sites for hydroxylation is 1. The Bertz CT molecular complexity index is 1130. The van der Waals surface area contributed by atoms with Gasteiger partial charge in [0.15, 0.2) is 0 Å². The number of nitrogen functional groups attached to an aromatic ring is 1. The van der Waals surface area contributed by atoms with E-state index >= 15 is 0 Å². The van der Waals surface area contributed by atoms with Crippen molar-refractivity contribution in [3.05, 3.63) is 59.9 Å². The quantitative estimate of drug-likeness (QED) is 0.578.